The summed E-state index contributed by atoms with van der Waals surface area (Å²) in [6, 6.07) is 13.0. The van der Waals surface area contributed by atoms with Crippen LogP contribution in [-0.4, -0.2) is 36.0 Å². The molecule has 0 spiro atoms. The average molecular weight is 450 g/mol. The van der Waals surface area contributed by atoms with E-state index in [1.54, 1.807) is 36.1 Å². The molecule has 3 rings (SSSR count). The van der Waals surface area contributed by atoms with Gasteiger partial charge >= 0.3 is 11.9 Å². The van der Waals surface area contributed by atoms with Gasteiger partial charge in [0.25, 0.3) is 0 Å². The number of allylic oxidation sites excluding steroid dienone is 1. The minimum Gasteiger partial charge on any atom is -0.465 e. The highest BCUT2D eigenvalue weighted by Gasteiger charge is 2.37. The third-order valence-electron chi connectivity index (χ3n) is 5.91. The molecule has 1 aliphatic rings. The number of nitrogens with zero attached hydrogens (tertiary/aromatic N) is 1. The lowest BCUT2D eigenvalue weighted by atomic mass is 9.81. The van der Waals surface area contributed by atoms with Gasteiger partial charge in [-0.3, -0.25) is 4.79 Å². The van der Waals surface area contributed by atoms with E-state index in [9.17, 15) is 14.4 Å². The van der Waals surface area contributed by atoms with Gasteiger partial charge in [0.1, 0.15) is 0 Å². The fourth-order valence-electron chi connectivity index (χ4n) is 4.19. The lowest BCUT2D eigenvalue weighted by Crippen LogP contribution is -2.38. The van der Waals surface area contributed by atoms with Crippen LogP contribution in [0.15, 0.2) is 53.7 Å². The van der Waals surface area contributed by atoms with Crippen molar-refractivity contribution in [1.82, 2.24) is 4.90 Å². The largest absolute Gasteiger partial charge is 0.465 e. The van der Waals surface area contributed by atoms with Gasteiger partial charge < -0.3 is 14.4 Å². The van der Waals surface area contributed by atoms with E-state index in [-0.39, 0.29) is 24.3 Å². The molecule has 0 bridgehead atoms. The second kappa shape index (κ2) is 10.0. The van der Waals surface area contributed by atoms with E-state index < -0.39 is 11.9 Å². The Bertz CT molecular complexity index is 1100. The molecule has 1 heterocycles. The lowest BCUT2D eigenvalue weighted by Gasteiger charge is -2.35. The van der Waals surface area contributed by atoms with Gasteiger partial charge in [-0.05, 0) is 63.4 Å². The number of hydrogen-bond donors (Lipinski definition) is 0. The van der Waals surface area contributed by atoms with Gasteiger partial charge in [0.2, 0.25) is 5.91 Å². The van der Waals surface area contributed by atoms with Crippen molar-refractivity contribution in [3.8, 4) is 0 Å². The minimum atomic E-state index is -0.415. The second-order valence-electron chi connectivity index (χ2n) is 8.74. The third kappa shape index (κ3) is 5.33. The summed E-state index contributed by atoms with van der Waals surface area (Å²) in [6.45, 7) is 9.72. The Balaban J connectivity index is 2.02. The molecule has 33 heavy (non-hydrogen) atoms. The molecular weight excluding hydrogens is 418 g/mol. The molecule has 6 heteroatoms. The molecule has 1 atom stereocenters. The minimum absolute atomic E-state index is 0.0588. The molecule has 6 nitrogen and oxygen atoms in total. The predicted molar refractivity (Wildman–Crippen MR) is 126 cm³/mol. The number of carbonyl (C=O) groups excluding carboxylic acids is 3. The molecule has 2 aromatic carbocycles. The highest BCUT2D eigenvalue weighted by atomic mass is 16.5. The van der Waals surface area contributed by atoms with Crippen LogP contribution in [-0.2, 0) is 25.6 Å². The number of methoxy groups -OCH3 is 1. The lowest BCUT2D eigenvalue weighted by molar-refractivity contribution is -0.143. The van der Waals surface area contributed by atoms with Crippen LogP contribution in [0.1, 0.15) is 65.7 Å². The molecule has 0 aromatic heterocycles. The van der Waals surface area contributed by atoms with E-state index in [1.807, 2.05) is 45.9 Å². The van der Waals surface area contributed by atoms with Crippen molar-refractivity contribution < 1.29 is 23.9 Å². The second-order valence-corrected chi connectivity index (χ2v) is 8.74. The Hall–Kier alpha value is -3.41. The van der Waals surface area contributed by atoms with Crippen LogP contribution in [0.25, 0.3) is 0 Å². The van der Waals surface area contributed by atoms with Crippen molar-refractivity contribution >= 4 is 17.8 Å². The van der Waals surface area contributed by atoms with Gasteiger partial charge in [-0.25, -0.2) is 9.59 Å². The van der Waals surface area contributed by atoms with Gasteiger partial charge in [0, 0.05) is 18.0 Å². The summed E-state index contributed by atoms with van der Waals surface area (Å²) in [5.74, 6) is -1.23. The third-order valence-corrected chi connectivity index (χ3v) is 5.91. The number of benzene rings is 2. The van der Waals surface area contributed by atoms with E-state index in [4.69, 9.17) is 9.47 Å². The fourth-order valence-corrected chi connectivity index (χ4v) is 4.19. The summed E-state index contributed by atoms with van der Waals surface area (Å²) in [5, 5.41) is 0. The maximum atomic E-state index is 13.3. The van der Waals surface area contributed by atoms with Gasteiger partial charge in [0.05, 0.1) is 30.9 Å². The van der Waals surface area contributed by atoms with Crippen LogP contribution in [0, 0.1) is 13.8 Å². The Morgan fingerprint density at radius 3 is 2.30 bits per heavy atom. The first kappa shape index (κ1) is 24.2. The molecule has 0 saturated carbocycles. The van der Waals surface area contributed by atoms with E-state index >= 15 is 0 Å². The molecule has 1 aliphatic heterocycles. The van der Waals surface area contributed by atoms with Crippen molar-refractivity contribution in [3.63, 3.8) is 0 Å². The number of ether oxygens (including phenoxy) is 2. The summed E-state index contributed by atoms with van der Waals surface area (Å²) in [4.78, 5) is 39.8. The summed E-state index contributed by atoms with van der Waals surface area (Å²) < 4.78 is 10.3. The van der Waals surface area contributed by atoms with Gasteiger partial charge in [-0.15, -0.1) is 0 Å². The maximum absolute atomic E-state index is 13.3. The van der Waals surface area contributed by atoms with Crippen LogP contribution in [0.3, 0.4) is 0 Å². The van der Waals surface area contributed by atoms with Crippen LogP contribution in [0.4, 0.5) is 0 Å². The Kier molecular flexibility index (Phi) is 7.36. The van der Waals surface area contributed by atoms with Crippen LogP contribution < -0.4 is 0 Å². The van der Waals surface area contributed by atoms with Crippen molar-refractivity contribution in [1.29, 1.82) is 0 Å². The number of aryl methyl sites for hydroxylation is 2. The first-order valence-corrected chi connectivity index (χ1v) is 11.1. The van der Waals surface area contributed by atoms with E-state index in [0.717, 1.165) is 22.3 Å². The summed E-state index contributed by atoms with van der Waals surface area (Å²) >= 11 is 0. The Morgan fingerprint density at radius 2 is 1.70 bits per heavy atom. The van der Waals surface area contributed by atoms with Gasteiger partial charge in [-0.2, -0.15) is 0 Å². The molecule has 174 valence electrons. The summed E-state index contributed by atoms with van der Waals surface area (Å²) in [7, 11) is 1.33. The fraction of sp³-hybridized carbons (Fsp3) is 0.370. The molecule has 0 saturated heterocycles. The maximum Gasteiger partial charge on any atom is 0.337 e. The molecule has 0 aliphatic carbocycles. The standard InChI is InChI=1S/C27H31NO5/c1-16(2)33-27(31)25-19(5)28(15-20-9-11-21(12-10-20)26(30)32-6)24(29)14-23(25)22-13-17(3)7-8-18(22)4/h7-13,16,23H,14-15H2,1-6H3. The highest BCUT2D eigenvalue weighted by molar-refractivity contribution is 5.96. The summed E-state index contributed by atoms with van der Waals surface area (Å²) in [6.07, 6.45) is -0.0845. The van der Waals surface area contributed by atoms with E-state index in [2.05, 4.69) is 0 Å². The number of carbonyl (C=O) groups is 3. The normalized spacial score (nSPS) is 16.3. The first-order chi connectivity index (χ1) is 15.6. The smallest absolute Gasteiger partial charge is 0.337 e. The monoisotopic (exact) mass is 449 g/mol. The van der Waals surface area contributed by atoms with E-state index in [1.165, 1.54) is 7.11 Å². The number of esters is 2. The number of hydrogen-bond acceptors (Lipinski definition) is 5. The zero-order chi connectivity index (χ0) is 24.3. The quantitative estimate of drug-likeness (QED) is 0.591. The Labute approximate surface area is 195 Å². The molecule has 1 amide bonds. The Morgan fingerprint density at radius 1 is 1.03 bits per heavy atom. The molecule has 0 N–H and O–H groups in total. The van der Waals surface area contributed by atoms with Crippen LogP contribution >= 0.6 is 0 Å². The van der Waals surface area contributed by atoms with Gasteiger partial charge in [-0.1, -0.05) is 35.9 Å². The summed E-state index contributed by atoms with van der Waals surface area (Å²) in [5.41, 5.74) is 5.48. The topological polar surface area (TPSA) is 72.9 Å². The molecule has 0 fully saturated rings. The number of amides is 1. The van der Waals surface area contributed by atoms with Crippen molar-refractivity contribution in [2.75, 3.05) is 7.11 Å². The SMILES string of the molecule is COC(=O)c1ccc(CN2C(=O)CC(c3cc(C)ccc3C)C(C(=O)OC(C)C)=C2C)cc1. The number of rotatable bonds is 6. The van der Waals surface area contributed by atoms with Crippen LogP contribution in [0.5, 0.6) is 0 Å². The predicted octanol–water partition coefficient (Wildman–Crippen LogP) is 4.83. The zero-order valence-electron chi connectivity index (χ0n) is 20.1. The highest BCUT2D eigenvalue weighted by Crippen LogP contribution is 2.39. The first-order valence-electron chi connectivity index (χ1n) is 11.1. The molecule has 2 aromatic rings. The average Bonchev–Trinajstić information content (AvgIpc) is 2.77. The van der Waals surface area contributed by atoms with E-state index in [0.29, 0.717) is 23.4 Å². The molecular formula is C27H31NO5. The molecule has 1 unspecified atom stereocenters. The van der Waals surface area contributed by atoms with Crippen molar-refractivity contribution in [2.24, 2.45) is 0 Å². The molecule has 0 radical (unpaired) electrons. The van der Waals surface area contributed by atoms with Crippen molar-refractivity contribution in [3.05, 3.63) is 81.6 Å². The van der Waals surface area contributed by atoms with Crippen molar-refractivity contribution in [2.45, 2.75) is 59.6 Å². The zero-order valence-corrected chi connectivity index (χ0v) is 20.1. The van der Waals surface area contributed by atoms with Gasteiger partial charge in [0.15, 0.2) is 0 Å². The van der Waals surface area contributed by atoms with Crippen LogP contribution in [0.2, 0.25) is 0 Å².